The molecule has 0 aromatic heterocycles. The first-order chi connectivity index (χ1) is 6.69. The minimum Gasteiger partial charge on any atom is -0.496 e. The zero-order valence-electron chi connectivity index (χ0n) is 7.70. The average molecular weight is 260 g/mol. The molecular weight excluding hydrogens is 250 g/mol. The molecule has 1 aromatic carbocycles. The van der Waals surface area contributed by atoms with Gasteiger partial charge in [-0.25, -0.2) is 0 Å². The van der Waals surface area contributed by atoms with Crippen molar-refractivity contribution in [2.45, 2.75) is 6.42 Å². The molecule has 0 amide bonds. The van der Waals surface area contributed by atoms with Crippen molar-refractivity contribution in [3.63, 3.8) is 0 Å². The van der Waals surface area contributed by atoms with Gasteiger partial charge in [0.2, 0.25) is 0 Å². The molecule has 76 valence electrons. The first-order valence-corrected chi connectivity index (χ1v) is 5.18. The van der Waals surface area contributed by atoms with Crippen LogP contribution in [-0.2, 0) is 6.42 Å². The third-order valence-corrected chi connectivity index (χ3v) is 2.24. The van der Waals surface area contributed by atoms with Crippen molar-refractivity contribution in [2.24, 2.45) is 0 Å². The normalized spacial score (nSPS) is 9.86. The van der Waals surface area contributed by atoms with Crippen molar-refractivity contribution in [3.8, 4) is 5.75 Å². The van der Waals surface area contributed by atoms with Crippen LogP contribution < -0.4 is 4.74 Å². The summed E-state index contributed by atoms with van der Waals surface area (Å²) in [4.78, 5) is 10.1. The smallest absolute Gasteiger partial charge is 0.269 e. The van der Waals surface area contributed by atoms with Gasteiger partial charge < -0.3 is 4.74 Å². The maximum atomic E-state index is 10.5. The Hall–Kier alpha value is -1.10. The van der Waals surface area contributed by atoms with E-state index >= 15 is 0 Å². The lowest BCUT2D eigenvalue weighted by Gasteiger charge is -2.06. The summed E-state index contributed by atoms with van der Waals surface area (Å²) >= 11 is 3.29. The first kappa shape index (κ1) is 11.0. The van der Waals surface area contributed by atoms with Gasteiger partial charge >= 0.3 is 0 Å². The summed E-state index contributed by atoms with van der Waals surface area (Å²) in [5.74, 6) is 0.690. The second-order valence-electron chi connectivity index (χ2n) is 2.69. The van der Waals surface area contributed by atoms with Crippen molar-refractivity contribution in [1.29, 1.82) is 0 Å². The van der Waals surface area contributed by atoms with Gasteiger partial charge in [-0.3, -0.25) is 10.1 Å². The van der Waals surface area contributed by atoms with Crippen LogP contribution >= 0.6 is 15.9 Å². The highest BCUT2D eigenvalue weighted by molar-refractivity contribution is 9.09. The summed E-state index contributed by atoms with van der Waals surface area (Å²) in [6.45, 7) is 0. The molecule has 1 rings (SSSR count). The average Bonchev–Trinajstić information content (AvgIpc) is 2.18. The van der Waals surface area contributed by atoms with E-state index in [1.807, 2.05) is 0 Å². The number of rotatable bonds is 4. The Morgan fingerprint density at radius 2 is 2.29 bits per heavy atom. The number of nitrogens with zero attached hydrogens (tertiary/aromatic N) is 1. The third-order valence-electron chi connectivity index (χ3n) is 1.84. The molecule has 0 saturated carbocycles. The molecule has 0 saturated heterocycles. The maximum absolute atomic E-state index is 10.5. The van der Waals surface area contributed by atoms with Gasteiger partial charge in [-0.15, -0.1) is 0 Å². The molecule has 4 nitrogen and oxygen atoms in total. The van der Waals surface area contributed by atoms with Crippen molar-refractivity contribution in [2.75, 3.05) is 12.4 Å². The SMILES string of the molecule is COc1ccc([N+](=O)[O-])cc1CCBr. The van der Waals surface area contributed by atoms with E-state index < -0.39 is 4.92 Å². The number of nitro groups is 1. The van der Waals surface area contributed by atoms with Crippen LogP contribution in [0.3, 0.4) is 0 Å². The summed E-state index contributed by atoms with van der Waals surface area (Å²) in [6.07, 6.45) is 0.713. The number of hydrogen-bond donors (Lipinski definition) is 0. The number of hydrogen-bond acceptors (Lipinski definition) is 3. The van der Waals surface area contributed by atoms with Gasteiger partial charge in [0.25, 0.3) is 5.69 Å². The zero-order chi connectivity index (χ0) is 10.6. The maximum Gasteiger partial charge on any atom is 0.269 e. The van der Waals surface area contributed by atoms with Gasteiger partial charge in [0.1, 0.15) is 5.75 Å². The van der Waals surface area contributed by atoms with E-state index in [2.05, 4.69) is 15.9 Å². The van der Waals surface area contributed by atoms with Gasteiger partial charge in [-0.1, -0.05) is 15.9 Å². The van der Waals surface area contributed by atoms with Crippen LogP contribution in [0.25, 0.3) is 0 Å². The molecule has 0 atom stereocenters. The van der Waals surface area contributed by atoms with Crippen LogP contribution in [0.15, 0.2) is 18.2 Å². The first-order valence-electron chi connectivity index (χ1n) is 4.06. The van der Waals surface area contributed by atoms with Crippen LogP contribution in [-0.4, -0.2) is 17.4 Å². The standard InChI is InChI=1S/C9H10BrNO3/c1-14-9-3-2-8(11(12)13)6-7(9)4-5-10/h2-3,6H,4-5H2,1H3. The number of benzene rings is 1. The van der Waals surface area contributed by atoms with E-state index in [0.717, 1.165) is 10.9 Å². The van der Waals surface area contributed by atoms with Crippen molar-refractivity contribution >= 4 is 21.6 Å². The third kappa shape index (κ3) is 2.45. The summed E-state index contributed by atoms with van der Waals surface area (Å²) < 4.78 is 5.09. The Kier molecular flexibility index (Phi) is 3.88. The summed E-state index contributed by atoms with van der Waals surface area (Å²) in [5, 5.41) is 11.3. The molecule has 0 heterocycles. The summed E-state index contributed by atoms with van der Waals surface area (Å²) in [7, 11) is 1.55. The lowest BCUT2D eigenvalue weighted by Crippen LogP contribution is -1.95. The minimum atomic E-state index is -0.406. The Morgan fingerprint density at radius 3 is 2.79 bits per heavy atom. The molecule has 0 aliphatic carbocycles. The topological polar surface area (TPSA) is 52.4 Å². The largest absolute Gasteiger partial charge is 0.496 e. The quantitative estimate of drug-likeness (QED) is 0.475. The van der Waals surface area contributed by atoms with E-state index in [9.17, 15) is 10.1 Å². The fraction of sp³-hybridized carbons (Fsp3) is 0.333. The number of aryl methyl sites for hydroxylation is 1. The molecule has 0 radical (unpaired) electrons. The predicted octanol–water partition coefficient (Wildman–Crippen LogP) is 2.54. The van der Waals surface area contributed by atoms with Crippen molar-refractivity contribution < 1.29 is 9.66 Å². The predicted molar refractivity (Wildman–Crippen MR) is 57.1 cm³/mol. The molecule has 0 fully saturated rings. The number of non-ortho nitro benzene ring substituents is 1. The highest BCUT2D eigenvalue weighted by Crippen LogP contribution is 2.24. The monoisotopic (exact) mass is 259 g/mol. The molecule has 0 aliphatic rings. The van der Waals surface area contributed by atoms with Crippen LogP contribution in [0, 0.1) is 10.1 Å². The van der Waals surface area contributed by atoms with E-state index in [1.165, 1.54) is 6.07 Å². The molecule has 0 unspecified atom stereocenters. The Bertz CT molecular complexity index is 341. The van der Waals surface area contributed by atoms with Crippen LogP contribution in [0.2, 0.25) is 0 Å². The van der Waals surface area contributed by atoms with Gasteiger partial charge in [0, 0.05) is 23.0 Å². The summed E-state index contributed by atoms with van der Waals surface area (Å²) in [5.41, 5.74) is 0.945. The fourth-order valence-corrected chi connectivity index (χ4v) is 1.60. The van der Waals surface area contributed by atoms with Crippen LogP contribution in [0.1, 0.15) is 5.56 Å². The summed E-state index contributed by atoms with van der Waals surface area (Å²) in [6, 6.07) is 4.60. The lowest BCUT2D eigenvalue weighted by atomic mass is 10.1. The lowest BCUT2D eigenvalue weighted by molar-refractivity contribution is -0.384. The second kappa shape index (κ2) is 4.95. The number of methoxy groups -OCH3 is 1. The minimum absolute atomic E-state index is 0.0988. The molecule has 14 heavy (non-hydrogen) atoms. The number of alkyl halides is 1. The van der Waals surface area contributed by atoms with Gasteiger partial charge in [0.15, 0.2) is 0 Å². The van der Waals surface area contributed by atoms with E-state index in [0.29, 0.717) is 12.2 Å². The fourth-order valence-electron chi connectivity index (χ4n) is 1.18. The highest BCUT2D eigenvalue weighted by atomic mass is 79.9. The molecule has 0 spiro atoms. The van der Waals surface area contributed by atoms with Crippen molar-refractivity contribution in [1.82, 2.24) is 0 Å². The Morgan fingerprint density at radius 1 is 1.57 bits per heavy atom. The molecular formula is C9H10BrNO3. The van der Waals surface area contributed by atoms with Gasteiger partial charge in [0.05, 0.1) is 12.0 Å². The van der Waals surface area contributed by atoms with Crippen LogP contribution in [0.4, 0.5) is 5.69 Å². The molecule has 0 bridgehead atoms. The molecule has 1 aromatic rings. The number of nitro benzene ring substituents is 1. The Labute approximate surface area is 90.2 Å². The van der Waals surface area contributed by atoms with E-state index in [-0.39, 0.29) is 5.69 Å². The van der Waals surface area contributed by atoms with E-state index in [1.54, 1.807) is 19.2 Å². The molecule has 0 N–H and O–H groups in total. The number of halogens is 1. The van der Waals surface area contributed by atoms with Gasteiger partial charge in [-0.05, 0) is 12.5 Å². The van der Waals surface area contributed by atoms with Crippen molar-refractivity contribution in [3.05, 3.63) is 33.9 Å². The Balaban J connectivity index is 3.07. The van der Waals surface area contributed by atoms with Gasteiger partial charge in [-0.2, -0.15) is 0 Å². The zero-order valence-corrected chi connectivity index (χ0v) is 9.28. The second-order valence-corrected chi connectivity index (χ2v) is 3.49. The number of ether oxygens (including phenoxy) is 1. The molecule has 0 aliphatic heterocycles. The van der Waals surface area contributed by atoms with Crippen LogP contribution in [0.5, 0.6) is 5.75 Å². The highest BCUT2D eigenvalue weighted by Gasteiger charge is 2.10. The van der Waals surface area contributed by atoms with E-state index in [4.69, 9.17) is 4.74 Å². The molecule has 5 heteroatoms.